The number of nitrogens with zero attached hydrogens (tertiary/aromatic N) is 3. The first-order valence-corrected chi connectivity index (χ1v) is 3.81. The number of likely N-dealkylation sites (N-methyl/N-ethyl adjacent to an activating group) is 1. The molecule has 0 aromatic heterocycles. The van der Waals surface area contributed by atoms with Crippen molar-refractivity contribution >= 4 is 6.03 Å². The maximum Gasteiger partial charge on any atom is 0.338 e. The highest BCUT2D eigenvalue weighted by atomic mass is 16.2. The molecule has 0 N–H and O–H groups in total. The molecule has 1 radical (unpaired) electrons. The lowest BCUT2D eigenvalue weighted by molar-refractivity contribution is 0.155. The maximum absolute atomic E-state index is 11.0. The molecule has 1 fully saturated rings. The minimum Gasteiger partial charge on any atom is -0.321 e. The Labute approximate surface area is 67.2 Å². The van der Waals surface area contributed by atoms with E-state index in [1.165, 1.54) is 0 Å². The molecule has 4 nitrogen and oxygen atoms in total. The molecule has 0 aromatic carbocycles. The van der Waals surface area contributed by atoms with Gasteiger partial charge in [0.25, 0.3) is 0 Å². The van der Waals surface area contributed by atoms with Crippen LogP contribution in [-0.2, 0) is 0 Å². The first kappa shape index (κ1) is 8.33. The van der Waals surface area contributed by atoms with Crippen LogP contribution in [0.5, 0.6) is 0 Å². The molecule has 0 saturated carbocycles. The molecule has 2 amide bonds. The number of hydrogen-bond donors (Lipinski definition) is 0. The summed E-state index contributed by atoms with van der Waals surface area (Å²) >= 11 is 0. The van der Waals surface area contributed by atoms with Crippen LogP contribution in [0.25, 0.3) is 0 Å². The average Bonchev–Trinajstić information content (AvgIpc) is 2.05. The highest BCUT2D eigenvalue weighted by molar-refractivity contribution is 5.73. The second kappa shape index (κ2) is 3.57. The minimum absolute atomic E-state index is 0.0851. The summed E-state index contributed by atoms with van der Waals surface area (Å²) in [6.45, 7) is 3.54. The zero-order chi connectivity index (χ0) is 8.27. The van der Waals surface area contributed by atoms with Crippen LogP contribution in [0.1, 0.15) is 0 Å². The van der Waals surface area contributed by atoms with Crippen LogP contribution >= 0.6 is 0 Å². The molecule has 1 rings (SSSR count). The van der Waals surface area contributed by atoms with Crippen molar-refractivity contribution in [3.05, 3.63) is 0 Å². The fourth-order valence-corrected chi connectivity index (χ4v) is 1.14. The van der Waals surface area contributed by atoms with Gasteiger partial charge in [-0.3, -0.25) is 0 Å². The van der Waals surface area contributed by atoms with E-state index in [2.05, 4.69) is 17.3 Å². The Bertz CT molecular complexity index is 141. The topological polar surface area (TPSA) is 37.7 Å². The summed E-state index contributed by atoms with van der Waals surface area (Å²) in [6.07, 6.45) is 0. The largest absolute Gasteiger partial charge is 0.338 e. The maximum atomic E-state index is 11.0. The number of amides is 2. The van der Waals surface area contributed by atoms with E-state index < -0.39 is 0 Å². The quantitative estimate of drug-likeness (QED) is 0.478. The summed E-state index contributed by atoms with van der Waals surface area (Å²) in [7, 11) is 3.60. The first-order valence-electron chi connectivity index (χ1n) is 3.81. The van der Waals surface area contributed by atoms with Crippen LogP contribution in [0.3, 0.4) is 0 Å². The summed E-state index contributed by atoms with van der Waals surface area (Å²) in [5.41, 5.74) is 0. The Balaban J connectivity index is 2.33. The Morgan fingerprint density at radius 2 is 1.82 bits per heavy atom. The molecule has 4 heteroatoms. The summed E-state index contributed by atoms with van der Waals surface area (Å²) in [5.74, 6) is 0. The summed E-state index contributed by atoms with van der Waals surface area (Å²) < 4.78 is 0. The van der Waals surface area contributed by atoms with Crippen molar-refractivity contribution in [2.24, 2.45) is 0 Å². The first-order chi connectivity index (χ1) is 5.24. The monoisotopic (exact) mass is 156 g/mol. The van der Waals surface area contributed by atoms with Crippen molar-refractivity contribution in [2.75, 3.05) is 40.3 Å². The zero-order valence-corrected chi connectivity index (χ0v) is 7.08. The molecule has 1 aliphatic rings. The van der Waals surface area contributed by atoms with Gasteiger partial charge >= 0.3 is 6.03 Å². The van der Waals surface area contributed by atoms with Gasteiger partial charge in [0, 0.05) is 33.2 Å². The number of rotatable bonds is 0. The van der Waals surface area contributed by atoms with Crippen LogP contribution in [0, 0.1) is 0 Å². The number of piperazine rings is 1. The van der Waals surface area contributed by atoms with Gasteiger partial charge in [-0.25, -0.2) is 10.1 Å². The third-order valence-electron chi connectivity index (χ3n) is 1.97. The normalized spacial score (nSPS) is 20.0. The average molecular weight is 156 g/mol. The van der Waals surface area contributed by atoms with E-state index >= 15 is 0 Å². The van der Waals surface area contributed by atoms with Crippen LogP contribution in [0.15, 0.2) is 0 Å². The highest BCUT2D eigenvalue weighted by Gasteiger charge is 2.17. The fourth-order valence-electron chi connectivity index (χ4n) is 1.14. The minimum atomic E-state index is -0.0851. The predicted octanol–water partition coefficient (Wildman–Crippen LogP) is -0.412. The fraction of sp³-hybridized carbons (Fsp3) is 0.857. The van der Waals surface area contributed by atoms with Crippen molar-refractivity contribution in [1.29, 1.82) is 0 Å². The van der Waals surface area contributed by atoms with Crippen molar-refractivity contribution < 1.29 is 4.79 Å². The number of urea groups is 1. The van der Waals surface area contributed by atoms with E-state index in [0.29, 0.717) is 0 Å². The molecule has 0 bridgehead atoms. The Morgan fingerprint density at radius 1 is 1.27 bits per heavy atom. The standard InChI is InChI=1S/C7H14N3O/c1-8-7(11)10-5-3-9(2)4-6-10/h3-6H2,1-2H3. The summed E-state index contributed by atoms with van der Waals surface area (Å²) in [5, 5.41) is 3.61. The summed E-state index contributed by atoms with van der Waals surface area (Å²) in [6, 6.07) is -0.0851. The molecule has 1 aliphatic heterocycles. The lowest BCUT2D eigenvalue weighted by Crippen LogP contribution is -2.48. The van der Waals surface area contributed by atoms with E-state index in [1.54, 1.807) is 11.9 Å². The van der Waals surface area contributed by atoms with Gasteiger partial charge in [0.05, 0.1) is 0 Å². The number of hydrogen-bond acceptors (Lipinski definition) is 2. The van der Waals surface area contributed by atoms with Gasteiger partial charge in [0.1, 0.15) is 0 Å². The van der Waals surface area contributed by atoms with Gasteiger partial charge in [0.15, 0.2) is 0 Å². The molecule has 0 aliphatic carbocycles. The van der Waals surface area contributed by atoms with E-state index in [1.807, 2.05) is 0 Å². The van der Waals surface area contributed by atoms with Crippen LogP contribution in [-0.4, -0.2) is 56.1 Å². The summed E-state index contributed by atoms with van der Waals surface area (Å²) in [4.78, 5) is 15.0. The van der Waals surface area contributed by atoms with E-state index in [0.717, 1.165) is 26.2 Å². The Morgan fingerprint density at radius 3 is 2.27 bits per heavy atom. The van der Waals surface area contributed by atoms with Gasteiger partial charge in [-0.15, -0.1) is 0 Å². The van der Waals surface area contributed by atoms with Gasteiger partial charge in [-0.2, -0.15) is 0 Å². The van der Waals surface area contributed by atoms with Gasteiger partial charge < -0.3 is 9.80 Å². The molecule has 63 valence electrons. The van der Waals surface area contributed by atoms with Crippen molar-refractivity contribution in [1.82, 2.24) is 15.1 Å². The third-order valence-corrected chi connectivity index (χ3v) is 1.97. The molecule has 0 unspecified atom stereocenters. The van der Waals surface area contributed by atoms with E-state index in [9.17, 15) is 4.79 Å². The predicted molar refractivity (Wildman–Crippen MR) is 42.5 cm³/mol. The smallest absolute Gasteiger partial charge is 0.321 e. The zero-order valence-electron chi connectivity index (χ0n) is 7.08. The molecule has 0 atom stereocenters. The second-order valence-corrected chi connectivity index (χ2v) is 2.80. The molecule has 0 spiro atoms. The molecule has 1 heterocycles. The molecule has 0 aromatic rings. The highest BCUT2D eigenvalue weighted by Crippen LogP contribution is 1.98. The third kappa shape index (κ3) is 2.08. The lowest BCUT2D eigenvalue weighted by Gasteiger charge is -2.31. The van der Waals surface area contributed by atoms with E-state index in [4.69, 9.17) is 0 Å². The molecule has 1 saturated heterocycles. The number of carbonyl (C=O) groups excluding carboxylic acids is 1. The number of carbonyl (C=O) groups is 1. The van der Waals surface area contributed by atoms with Crippen LogP contribution < -0.4 is 5.32 Å². The van der Waals surface area contributed by atoms with E-state index in [-0.39, 0.29) is 6.03 Å². The van der Waals surface area contributed by atoms with Crippen molar-refractivity contribution in [3.8, 4) is 0 Å². The van der Waals surface area contributed by atoms with Gasteiger partial charge in [0.2, 0.25) is 0 Å². The Kier molecular flexibility index (Phi) is 2.70. The SMILES string of the molecule is C[N]C(=O)N1CCN(C)CC1. The molecular formula is C7H14N3O. The van der Waals surface area contributed by atoms with Gasteiger partial charge in [-0.05, 0) is 7.05 Å². The second-order valence-electron chi connectivity index (χ2n) is 2.80. The lowest BCUT2D eigenvalue weighted by atomic mass is 10.3. The van der Waals surface area contributed by atoms with Crippen LogP contribution in [0.2, 0.25) is 0 Å². The Hall–Kier alpha value is -0.770. The molecule has 11 heavy (non-hydrogen) atoms. The van der Waals surface area contributed by atoms with Gasteiger partial charge in [-0.1, -0.05) is 0 Å². The van der Waals surface area contributed by atoms with Crippen LogP contribution in [0.4, 0.5) is 4.79 Å². The van der Waals surface area contributed by atoms with Crippen molar-refractivity contribution in [2.45, 2.75) is 0 Å². The molecular weight excluding hydrogens is 142 g/mol. The van der Waals surface area contributed by atoms with Crippen molar-refractivity contribution in [3.63, 3.8) is 0 Å².